The third-order valence-electron chi connectivity index (χ3n) is 6.27. The van der Waals surface area contributed by atoms with Gasteiger partial charge in [0, 0.05) is 11.3 Å². The second-order valence-electron chi connectivity index (χ2n) is 8.81. The normalized spacial score (nSPS) is 17.5. The number of hydrogen-bond acceptors (Lipinski definition) is 3. The van der Waals surface area contributed by atoms with Crippen LogP contribution in [0.5, 0.6) is 0 Å². The molecule has 0 atom stereocenters. The van der Waals surface area contributed by atoms with E-state index in [2.05, 4.69) is 80.8 Å². The SMILES string of the molecule is CC1(C)OB(c2ccc(-n3c(-c4ccccc4)nc4ccccc43)cc2)OC1(C)C. The van der Waals surface area contributed by atoms with Crippen LogP contribution in [-0.2, 0) is 9.31 Å². The monoisotopic (exact) mass is 396 g/mol. The van der Waals surface area contributed by atoms with E-state index in [4.69, 9.17) is 14.3 Å². The van der Waals surface area contributed by atoms with Crippen molar-refractivity contribution in [2.24, 2.45) is 0 Å². The highest BCUT2D eigenvalue weighted by molar-refractivity contribution is 6.62. The summed E-state index contributed by atoms with van der Waals surface area (Å²) in [4.78, 5) is 4.91. The summed E-state index contributed by atoms with van der Waals surface area (Å²) in [5.74, 6) is 0.931. The Morgan fingerprint density at radius 2 is 1.33 bits per heavy atom. The molecule has 2 heterocycles. The maximum Gasteiger partial charge on any atom is 0.494 e. The van der Waals surface area contributed by atoms with E-state index in [1.165, 1.54) is 0 Å². The highest BCUT2D eigenvalue weighted by Gasteiger charge is 2.51. The summed E-state index contributed by atoms with van der Waals surface area (Å²) in [5.41, 5.74) is 4.52. The van der Waals surface area contributed by atoms with E-state index in [1.54, 1.807) is 0 Å². The van der Waals surface area contributed by atoms with E-state index >= 15 is 0 Å². The Hall–Kier alpha value is -2.89. The molecule has 0 saturated carbocycles. The van der Waals surface area contributed by atoms with Crippen molar-refractivity contribution in [3.05, 3.63) is 78.9 Å². The van der Waals surface area contributed by atoms with E-state index < -0.39 is 0 Å². The van der Waals surface area contributed by atoms with Crippen molar-refractivity contribution in [1.82, 2.24) is 9.55 Å². The maximum atomic E-state index is 6.20. The summed E-state index contributed by atoms with van der Waals surface area (Å²) in [6.07, 6.45) is 0. The summed E-state index contributed by atoms with van der Waals surface area (Å²) in [7, 11) is -0.364. The first-order valence-corrected chi connectivity index (χ1v) is 10.3. The van der Waals surface area contributed by atoms with Crippen molar-refractivity contribution < 1.29 is 9.31 Å². The van der Waals surface area contributed by atoms with Gasteiger partial charge in [0.2, 0.25) is 0 Å². The third kappa shape index (κ3) is 3.06. The van der Waals surface area contributed by atoms with E-state index in [0.717, 1.165) is 33.6 Å². The standard InChI is InChI=1S/C25H25BN2O2/c1-24(2)25(3,4)30-26(29-24)19-14-16-20(17-15-19)28-22-13-9-8-12-21(22)27-23(28)18-10-6-5-7-11-18/h5-17H,1-4H3. The highest BCUT2D eigenvalue weighted by atomic mass is 16.7. The number of nitrogens with zero attached hydrogens (tertiary/aromatic N) is 2. The molecule has 4 aromatic rings. The van der Waals surface area contributed by atoms with Crippen molar-refractivity contribution in [2.75, 3.05) is 0 Å². The molecule has 5 heteroatoms. The second kappa shape index (κ2) is 6.83. The molecule has 0 bridgehead atoms. The van der Waals surface area contributed by atoms with Gasteiger partial charge < -0.3 is 9.31 Å². The summed E-state index contributed by atoms with van der Waals surface area (Å²) in [6.45, 7) is 8.30. The van der Waals surface area contributed by atoms with Gasteiger partial charge in [-0.15, -0.1) is 0 Å². The van der Waals surface area contributed by atoms with Crippen LogP contribution in [0.2, 0.25) is 0 Å². The smallest absolute Gasteiger partial charge is 0.399 e. The van der Waals surface area contributed by atoms with Crippen LogP contribution in [0.3, 0.4) is 0 Å². The molecular weight excluding hydrogens is 371 g/mol. The number of fused-ring (bicyclic) bond motifs is 1. The predicted molar refractivity (Wildman–Crippen MR) is 122 cm³/mol. The maximum absolute atomic E-state index is 6.20. The third-order valence-corrected chi connectivity index (χ3v) is 6.27. The predicted octanol–water partition coefficient (Wildman–Crippen LogP) is 4.99. The van der Waals surface area contributed by atoms with Gasteiger partial charge in [-0.05, 0) is 57.4 Å². The van der Waals surface area contributed by atoms with Crippen LogP contribution in [0.15, 0.2) is 78.9 Å². The van der Waals surface area contributed by atoms with Gasteiger partial charge in [-0.3, -0.25) is 4.57 Å². The van der Waals surface area contributed by atoms with Crippen molar-refractivity contribution in [3.8, 4) is 17.1 Å². The van der Waals surface area contributed by atoms with Gasteiger partial charge in [-0.2, -0.15) is 0 Å². The van der Waals surface area contributed by atoms with Crippen LogP contribution >= 0.6 is 0 Å². The molecule has 0 N–H and O–H groups in total. The first kappa shape index (κ1) is 19.1. The molecule has 0 amide bonds. The van der Waals surface area contributed by atoms with Crippen molar-refractivity contribution >= 4 is 23.6 Å². The van der Waals surface area contributed by atoms with Gasteiger partial charge in [0.05, 0.1) is 22.2 Å². The van der Waals surface area contributed by atoms with Gasteiger partial charge in [0.15, 0.2) is 0 Å². The summed E-state index contributed by atoms with van der Waals surface area (Å²) < 4.78 is 14.6. The van der Waals surface area contributed by atoms with Crippen molar-refractivity contribution in [1.29, 1.82) is 0 Å². The first-order chi connectivity index (χ1) is 14.4. The Morgan fingerprint density at radius 1 is 0.733 bits per heavy atom. The van der Waals surface area contributed by atoms with E-state index in [9.17, 15) is 0 Å². The quantitative estimate of drug-likeness (QED) is 0.458. The average Bonchev–Trinajstić information content (AvgIpc) is 3.23. The van der Waals surface area contributed by atoms with Gasteiger partial charge in [0.25, 0.3) is 0 Å². The summed E-state index contributed by atoms with van der Waals surface area (Å²) in [6, 6.07) is 26.9. The molecule has 4 nitrogen and oxygen atoms in total. The topological polar surface area (TPSA) is 36.3 Å². The first-order valence-electron chi connectivity index (χ1n) is 10.3. The zero-order valence-electron chi connectivity index (χ0n) is 17.8. The fourth-order valence-electron chi connectivity index (χ4n) is 3.83. The number of aromatic nitrogens is 2. The minimum atomic E-state index is -0.364. The number of benzene rings is 3. The summed E-state index contributed by atoms with van der Waals surface area (Å²) >= 11 is 0. The second-order valence-corrected chi connectivity index (χ2v) is 8.81. The molecule has 0 radical (unpaired) electrons. The average molecular weight is 396 g/mol. The van der Waals surface area contributed by atoms with Crippen LogP contribution in [-0.4, -0.2) is 27.9 Å². The molecule has 0 aliphatic carbocycles. The lowest BCUT2D eigenvalue weighted by Crippen LogP contribution is -2.41. The van der Waals surface area contributed by atoms with Gasteiger partial charge in [-0.1, -0.05) is 54.6 Å². The Balaban J connectivity index is 1.57. The molecule has 1 aliphatic rings. The lowest BCUT2D eigenvalue weighted by atomic mass is 9.79. The number of imidazole rings is 1. The number of para-hydroxylation sites is 2. The zero-order chi connectivity index (χ0) is 20.9. The molecule has 150 valence electrons. The van der Waals surface area contributed by atoms with E-state index in [-0.39, 0.29) is 18.3 Å². The molecule has 30 heavy (non-hydrogen) atoms. The van der Waals surface area contributed by atoms with Crippen LogP contribution in [0, 0.1) is 0 Å². The van der Waals surface area contributed by atoms with Crippen LogP contribution in [0.4, 0.5) is 0 Å². The Labute approximate surface area is 177 Å². The van der Waals surface area contributed by atoms with Crippen molar-refractivity contribution in [2.45, 2.75) is 38.9 Å². The van der Waals surface area contributed by atoms with Crippen LogP contribution in [0.1, 0.15) is 27.7 Å². The van der Waals surface area contributed by atoms with Crippen molar-refractivity contribution in [3.63, 3.8) is 0 Å². The lowest BCUT2D eigenvalue weighted by molar-refractivity contribution is 0.00578. The number of hydrogen-bond donors (Lipinski definition) is 0. The molecule has 1 saturated heterocycles. The molecule has 3 aromatic carbocycles. The van der Waals surface area contributed by atoms with Gasteiger partial charge in [-0.25, -0.2) is 4.98 Å². The lowest BCUT2D eigenvalue weighted by Gasteiger charge is -2.32. The summed E-state index contributed by atoms with van der Waals surface area (Å²) in [5, 5.41) is 0. The molecule has 1 fully saturated rings. The fourth-order valence-corrected chi connectivity index (χ4v) is 3.83. The molecule has 1 aromatic heterocycles. The molecule has 0 unspecified atom stereocenters. The van der Waals surface area contributed by atoms with Gasteiger partial charge >= 0.3 is 7.12 Å². The Kier molecular flexibility index (Phi) is 4.35. The minimum absolute atomic E-state index is 0.350. The van der Waals surface area contributed by atoms with Gasteiger partial charge in [0.1, 0.15) is 5.82 Å². The Bertz CT molecular complexity index is 1180. The van der Waals surface area contributed by atoms with E-state index in [0.29, 0.717) is 0 Å². The molecule has 5 rings (SSSR count). The molecule has 0 spiro atoms. The molecular formula is C25H25BN2O2. The zero-order valence-corrected chi connectivity index (χ0v) is 17.8. The van der Waals surface area contributed by atoms with Crippen LogP contribution in [0.25, 0.3) is 28.1 Å². The molecule has 1 aliphatic heterocycles. The van der Waals surface area contributed by atoms with Crippen LogP contribution < -0.4 is 5.46 Å². The Morgan fingerprint density at radius 3 is 2.00 bits per heavy atom. The largest absolute Gasteiger partial charge is 0.494 e. The highest BCUT2D eigenvalue weighted by Crippen LogP contribution is 2.36. The number of rotatable bonds is 3. The minimum Gasteiger partial charge on any atom is -0.399 e. The fraction of sp³-hybridized carbons (Fsp3) is 0.240. The van der Waals surface area contributed by atoms with E-state index in [1.807, 2.05) is 30.3 Å².